The number of nitrogens with one attached hydrogen (secondary N) is 1. The van der Waals surface area contributed by atoms with E-state index in [0.29, 0.717) is 17.9 Å². The van der Waals surface area contributed by atoms with Gasteiger partial charge in [0.05, 0.1) is 5.56 Å². The minimum Gasteiger partial charge on any atom is -0.478 e. The van der Waals surface area contributed by atoms with E-state index in [4.69, 9.17) is 10.8 Å². The van der Waals surface area contributed by atoms with Crippen molar-refractivity contribution < 1.29 is 9.90 Å². The molecule has 0 aliphatic carbocycles. The molecule has 4 heteroatoms. The summed E-state index contributed by atoms with van der Waals surface area (Å²) < 4.78 is 0. The van der Waals surface area contributed by atoms with Gasteiger partial charge in [0.15, 0.2) is 0 Å². The molecule has 0 aliphatic rings. The maximum absolute atomic E-state index is 11.1. The predicted molar refractivity (Wildman–Crippen MR) is 71.6 cm³/mol. The first-order valence-corrected chi connectivity index (χ1v) is 5.57. The Morgan fingerprint density at radius 3 is 2.56 bits per heavy atom. The molecule has 0 saturated heterocycles. The van der Waals surface area contributed by atoms with Gasteiger partial charge in [-0.2, -0.15) is 0 Å². The van der Waals surface area contributed by atoms with Crippen LogP contribution in [-0.4, -0.2) is 11.1 Å². The summed E-state index contributed by atoms with van der Waals surface area (Å²) in [6, 6.07) is 14.6. The van der Waals surface area contributed by atoms with Crippen LogP contribution in [0.1, 0.15) is 15.9 Å². The number of anilines is 2. The van der Waals surface area contributed by atoms with Gasteiger partial charge in [0, 0.05) is 17.9 Å². The van der Waals surface area contributed by atoms with Crippen LogP contribution < -0.4 is 11.1 Å². The van der Waals surface area contributed by atoms with Crippen molar-refractivity contribution in [2.75, 3.05) is 11.1 Å². The van der Waals surface area contributed by atoms with E-state index in [1.165, 1.54) is 6.07 Å². The molecule has 0 aliphatic heterocycles. The third-order valence-corrected chi connectivity index (χ3v) is 2.60. The zero-order valence-electron chi connectivity index (χ0n) is 9.76. The average molecular weight is 242 g/mol. The summed E-state index contributed by atoms with van der Waals surface area (Å²) in [5.41, 5.74) is 7.87. The van der Waals surface area contributed by atoms with E-state index in [0.717, 1.165) is 5.56 Å². The predicted octanol–water partition coefficient (Wildman–Crippen LogP) is 2.58. The van der Waals surface area contributed by atoms with E-state index in [2.05, 4.69) is 5.32 Å². The second kappa shape index (κ2) is 5.23. The Labute approximate surface area is 105 Å². The molecular formula is C14H14N2O2. The summed E-state index contributed by atoms with van der Waals surface area (Å²) in [6.07, 6.45) is 0. The van der Waals surface area contributed by atoms with Crippen molar-refractivity contribution in [2.45, 2.75) is 6.54 Å². The molecule has 0 unspecified atom stereocenters. The van der Waals surface area contributed by atoms with Crippen molar-refractivity contribution in [3.8, 4) is 0 Å². The van der Waals surface area contributed by atoms with Gasteiger partial charge in [-0.1, -0.05) is 30.3 Å². The molecule has 0 aromatic heterocycles. The van der Waals surface area contributed by atoms with Gasteiger partial charge in [0.25, 0.3) is 0 Å². The molecule has 4 N–H and O–H groups in total. The van der Waals surface area contributed by atoms with Gasteiger partial charge >= 0.3 is 5.97 Å². The molecule has 0 atom stereocenters. The molecule has 2 rings (SSSR count). The lowest BCUT2D eigenvalue weighted by Gasteiger charge is -2.10. The molecular weight excluding hydrogens is 228 g/mol. The number of nitrogen functional groups attached to an aromatic ring is 1. The lowest BCUT2D eigenvalue weighted by atomic mass is 10.1. The minimum atomic E-state index is -0.988. The summed E-state index contributed by atoms with van der Waals surface area (Å²) >= 11 is 0. The maximum Gasteiger partial charge on any atom is 0.337 e. The maximum atomic E-state index is 11.1. The fourth-order valence-corrected chi connectivity index (χ4v) is 1.69. The van der Waals surface area contributed by atoms with Crippen LogP contribution >= 0.6 is 0 Å². The number of carbonyl (C=O) groups is 1. The molecule has 2 aromatic rings. The molecule has 18 heavy (non-hydrogen) atoms. The van der Waals surface area contributed by atoms with Crippen molar-refractivity contribution in [2.24, 2.45) is 0 Å². The average Bonchev–Trinajstić information content (AvgIpc) is 2.38. The molecule has 0 spiro atoms. The molecule has 0 heterocycles. The third-order valence-electron chi connectivity index (χ3n) is 2.60. The Hall–Kier alpha value is -2.49. The summed E-state index contributed by atoms with van der Waals surface area (Å²) in [6.45, 7) is 0.574. The number of nitrogens with two attached hydrogens (primary N) is 1. The van der Waals surface area contributed by atoms with Gasteiger partial charge in [-0.15, -0.1) is 0 Å². The van der Waals surface area contributed by atoms with Crippen LogP contribution in [0, 0.1) is 0 Å². The fraction of sp³-hybridized carbons (Fsp3) is 0.0714. The molecule has 0 fully saturated rings. The second-order valence-electron chi connectivity index (χ2n) is 3.95. The normalized spacial score (nSPS) is 10.0. The highest BCUT2D eigenvalue weighted by Crippen LogP contribution is 2.19. The zero-order chi connectivity index (χ0) is 13.0. The summed E-state index contributed by atoms with van der Waals surface area (Å²) in [7, 11) is 0. The van der Waals surface area contributed by atoms with Crippen LogP contribution in [-0.2, 0) is 6.54 Å². The molecule has 2 aromatic carbocycles. The highest BCUT2D eigenvalue weighted by Gasteiger charge is 2.09. The Morgan fingerprint density at radius 2 is 1.89 bits per heavy atom. The van der Waals surface area contributed by atoms with E-state index < -0.39 is 5.97 Å². The van der Waals surface area contributed by atoms with E-state index in [1.54, 1.807) is 12.1 Å². The fourth-order valence-electron chi connectivity index (χ4n) is 1.69. The van der Waals surface area contributed by atoms with E-state index >= 15 is 0 Å². The van der Waals surface area contributed by atoms with Gasteiger partial charge < -0.3 is 16.2 Å². The van der Waals surface area contributed by atoms with Gasteiger partial charge in [-0.25, -0.2) is 4.79 Å². The smallest absolute Gasteiger partial charge is 0.337 e. The molecule has 0 amide bonds. The standard InChI is InChI=1S/C14H14N2O2/c15-11-6-7-13(12(8-11)14(17)18)16-9-10-4-2-1-3-5-10/h1-8,16H,9,15H2,(H,17,18). The molecule has 0 saturated carbocycles. The zero-order valence-corrected chi connectivity index (χ0v) is 9.76. The molecule has 4 nitrogen and oxygen atoms in total. The topological polar surface area (TPSA) is 75.3 Å². The van der Waals surface area contributed by atoms with Crippen molar-refractivity contribution >= 4 is 17.3 Å². The number of carboxylic acids is 1. The number of benzene rings is 2. The van der Waals surface area contributed by atoms with Crippen LogP contribution in [0.4, 0.5) is 11.4 Å². The minimum absolute atomic E-state index is 0.186. The number of hydrogen-bond donors (Lipinski definition) is 3. The van der Waals surface area contributed by atoms with Crippen molar-refractivity contribution in [3.05, 3.63) is 59.7 Å². The Kier molecular flexibility index (Phi) is 3.48. The van der Waals surface area contributed by atoms with E-state index in [1.807, 2.05) is 30.3 Å². The van der Waals surface area contributed by atoms with Crippen molar-refractivity contribution in [3.63, 3.8) is 0 Å². The SMILES string of the molecule is Nc1ccc(NCc2ccccc2)c(C(=O)O)c1. The first-order valence-electron chi connectivity index (χ1n) is 5.57. The highest BCUT2D eigenvalue weighted by atomic mass is 16.4. The largest absolute Gasteiger partial charge is 0.478 e. The number of hydrogen-bond acceptors (Lipinski definition) is 3. The molecule has 92 valence electrons. The van der Waals surface area contributed by atoms with Gasteiger partial charge in [0.2, 0.25) is 0 Å². The molecule has 0 bridgehead atoms. The number of aromatic carboxylic acids is 1. The van der Waals surface area contributed by atoms with Crippen LogP contribution in [0.25, 0.3) is 0 Å². The van der Waals surface area contributed by atoms with Crippen LogP contribution in [0.15, 0.2) is 48.5 Å². The van der Waals surface area contributed by atoms with E-state index in [-0.39, 0.29) is 5.56 Å². The second-order valence-corrected chi connectivity index (χ2v) is 3.95. The summed E-state index contributed by atoms with van der Waals surface area (Å²) in [4.78, 5) is 11.1. The van der Waals surface area contributed by atoms with Crippen molar-refractivity contribution in [1.82, 2.24) is 0 Å². The van der Waals surface area contributed by atoms with Crippen LogP contribution in [0.5, 0.6) is 0 Å². The number of carboxylic acid groups (broad SMARTS) is 1. The Morgan fingerprint density at radius 1 is 1.17 bits per heavy atom. The highest BCUT2D eigenvalue weighted by molar-refractivity contribution is 5.95. The summed E-state index contributed by atoms with van der Waals surface area (Å²) in [5, 5.41) is 12.2. The molecule has 0 radical (unpaired) electrons. The van der Waals surface area contributed by atoms with Crippen LogP contribution in [0.3, 0.4) is 0 Å². The first kappa shape index (κ1) is 12.0. The van der Waals surface area contributed by atoms with Crippen molar-refractivity contribution in [1.29, 1.82) is 0 Å². The van der Waals surface area contributed by atoms with Crippen LogP contribution in [0.2, 0.25) is 0 Å². The first-order chi connectivity index (χ1) is 8.66. The monoisotopic (exact) mass is 242 g/mol. The lowest BCUT2D eigenvalue weighted by molar-refractivity contribution is 0.0698. The van der Waals surface area contributed by atoms with Gasteiger partial charge in [-0.3, -0.25) is 0 Å². The van der Waals surface area contributed by atoms with E-state index in [9.17, 15) is 4.79 Å². The Bertz CT molecular complexity index is 553. The summed E-state index contributed by atoms with van der Waals surface area (Å²) in [5.74, 6) is -0.988. The van der Waals surface area contributed by atoms with Gasteiger partial charge in [0.1, 0.15) is 0 Å². The number of rotatable bonds is 4. The van der Waals surface area contributed by atoms with Gasteiger partial charge in [-0.05, 0) is 23.8 Å². The third kappa shape index (κ3) is 2.79. The lowest BCUT2D eigenvalue weighted by Crippen LogP contribution is -2.07. The Balaban J connectivity index is 2.17. The quantitative estimate of drug-likeness (QED) is 0.720.